The minimum atomic E-state index is -4.89. The summed E-state index contributed by atoms with van der Waals surface area (Å²) >= 11 is 0. The summed E-state index contributed by atoms with van der Waals surface area (Å²) in [6, 6.07) is 6.46. The Bertz CT molecular complexity index is 649. The number of methoxy groups -OCH3 is 1. The third-order valence-corrected chi connectivity index (χ3v) is 4.05. The van der Waals surface area contributed by atoms with E-state index >= 15 is 0 Å². The molecule has 1 atom stereocenters. The molecule has 0 N–H and O–H groups in total. The fourth-order valence-corrected chi connectivity index (χ4v) is 2.75. The number of ether oxygens (including phenoxy) is 3. The molecule has 7 heteroatoms. The molecule has 1 aromatic rings. The lowest BCUT2D eigenvalue weighted by Gasteiger charge is -2.44. The van der Waals surface area contributed by atoms with Crippen LogP contribution in [0, 0.1) is 0 Å². The number of unbranched alkanes of at least 4 members (excludes halogenated alkanes) is 1. The first kappa shape index (κ1) is 19.1. The van der Waals surface area contributed by atoms with Crippen molar-refractivity contribution in [3.05, 3.63) is 35.4 Å². The molecular formula is C18H21F3O4. The van der Waals surface area contributed by atoms with E-state index in [-0.39, 0.29) is 24.4 Å². The number of carbonyl (C=O) groups is 1. The smallest absolute Gasteiger partial charge is 0.443 e. The summed E-state index contributed by atoms with van der Waals surface area (Å²) in [7, 11) is 1.50. The van der Waals surface area contributed by atoms with Gasteiger partial charge in [0.2, 0.25) is 0 Å². The number of esters is 1. The molecular weight excluding hydrogens is 337 g/mol. The molecule has 0 aromatic heterocycles. The Balaban J connectivity index is 2.51. The number of benzene rings is 1. The first-order valence-electron chi connectivity index (χ1n) is 8.12. The second-order valence-electron chi connectivity index (χ2n) is 5.64. The largest absolute Gasteiger partial charge is 0.497 e. The van der Waals surface area contributed by atoms with Gasteiger partial charge >= 0.3 is 17.7 Å². The zero-order chi connectivity index (χ0) is 18.7. The standard InChI is InChI=1S/C18H21F3O4/c1-4-6-7-14-15(12-8-10-13(23-3)11-9-12)25-17(14,18(19,20)21)16(22)24-5-2/h8-11H,4-7H2,1-3H3/t17-/m1/s1. The Hall–Kier alpha value is -2.18. The first-order chi connectivity index (χ1) is 11.8. The van der Waals surface area contributed by atoms with E-state index in [4.69, 9.17) is 9.47 Å². The second kappa shape index (κ2) is 7.37. The highest BCUT2D eigenvalue weighted by molar-refractivity contribution is 5.93. The molecule has 0 spiro atoms. The van der Waals surface area contributed by atoms with E-state index in [2.05, 4.69) is 4.74 Å². The van der Waals surface area contributed by atoms with Crippen molar-refractivity contribution in [3.8, 4) is 5.75 Å². The molecule has 0 unspecified atom stereocenters. The SMILES string of the molecule is CCCCC1=C(c2ccc(OC)cc2)O[C@]1(C(=O)OCC)C(F)(F)F. The van der Waals surface area contributed by atoms with Crippen molar-refractivity contribution in [1.29, 1.82) is 0 Å². The number of carbonyl (C=O) groups excluding carboxylic acids is 1. The predicted octanol–water partition coefficient (Wildman–Crippen LogP) is 4.49. The minimum Gasteiger partial charge on any atom is -0.497 e. The van der Waals surface area contributed by atoms with Crippen LogP contribution in [0.1, 0.15) is 38.7 Å². The molecule has 1 aromatic carbocycles. The van der Waals surface area contributed by atoms with Gasteiger partial charge in [-0.25, -0.2) is 4.79 Å². The Kier molecular flexibility index (Phi) is 5.65. The molecule has 0 radical (unpaired) electrons. The predicted molar refractivity (Wildman–Crippen MR) is 85.9 cm³/mol. The van der Waals surface area contributed by atoms with Gasteiger partial charge in [-0.05, 0) is 44.0 Å². The van der Waals surface area contributed by atoms with Crippen molar-refractivity contribution in [2.45, 2.75) is 44.9 Å². The van der Waals surface area contributed by atoms with Crippen LogP contribution in [-0.4, -0.2) is 31.5 Å². The zero-order valence-electron chi connectivity index (χ0n) is 14.4. The van der Waals surface area contributed by atoms with E-state index in [1.807, 2.05) is 6.92 Å². The van der Waals surface area contributed by atoms with Crippen molar-refractivity contribution < 1.29 is 32.2 Å². The van der Waals surface area contributed by atoms with E-state index in [1.165, 1.54) is 14.0 Å². The summed E-state index contributed by atoms with van der Waals surface area (Å²) in [6.45, 7) is 3.17. The van der Waals surface area contributed by atoms with Gasteiger partial charge in [0.15, 0.2) is 0 Å². The molecule has 0 amide bonds. The highest BCUT2D eigenvalue weighted by Gasteiger charge is 2.72. The van der Waals surface area contributed by atoms with Crippen LogP contribution in [0.3, 0.4) is 0 Å². The normalized spacial score (nSPS) is 19.9. The number of halogens is 3. The summed E-state index contributed by atoms with van der Waals surface area (Å²) in [5.74, 6) is -0.751. The molecule has 0 aliphatic carbocycles. The van der Waals surface area contributed by atoms with Gasteiger partial charge in [0.05, 0.1) is 13.7 Å². The van der Waals surface area contributed by atoms with Crippen molar-refractivity contribution in [2.24, 2.45) is 0 Å². The molecule has 0 fully saturated rings. The van der Waals surface area contributed by atoms with Crippen LogP contribution in [0.2, 0.25) is 0 Å². The van der Waals surface area contributed by atoms with E-state index in [9.17, 15) is 18.0 Å². The molecule has 2 rings (SSSR count). The van der Waals surface area contributed by atoms with Gasteiger partial charge in [0.25, 0.3) is 0 Å². The van der Waals surface area contributed by atoms with Crippen LogP contribution in [0.15, 0.2) is 29.8 Å². The lowest BCUT2D eigenvalue weighted by Crippen LogP contribution is -2.61. The Morgan fingerprint density at radius 1 is 1.20 bits per heavy atom. The molecule has 138 valence electrons. The molecule has 0 saturated carbocycles. The van der Waals surface area contributed by atoms with Crippen LogP contribution in [0.25, 0.3) is 5.76 Å². The molecule has 1 aliphatic rings. The van der Waals surface area contributed by atoms with E-state index in [0.717, 1.165) is 0 Å². The minimum absolute atomic E-state index is 0.0783. The van der Waals surface area contributed by atoms with Gasteiger partial charge in [-0.15, -0.1) is 0 Å². The number of hydrogen-bond donors (Lipinski definition) is 0. The molecule has 25 heavy (non-hydrogen) atoms. The van der Waals surface area contributed by atoms with E-state index in [1.54, 1.807) is 24.3 Å². The van der Waals surface area contributed by atoms with Crippen LogP contribution >= 0.6 is 0 Å². The lowest BCUT2D eigenvalue weighted by atomic mass is 9.81. The summed E-state index contributed by atoms with van der Waals surface area (Å²) in [6.07, 6.45) is -3.58. The summed E-state index contributed by atoms with van der Waals surface area (Å²) in [4.78, 5) is 12.1. The van der Waals surface area contributed by atoms with Gasteiger partial charge in [-0.1, -0.05) is 13.3 Å². The second-order valence-corrected chi connectivity index (χ2v) is 5.64. The van der Waals surface area contributed by atoms with Gasteiger partial charge in [0, 0.05) is 11.1 Å². The summed E-state index contributed by atoms with van der Waals surface area (Å²) in [5.41, 5.74) is -2.62. The third-order valence-electron chi connectivity index (χ3n) is 4.05. The Morgan fingerprint density at radius 3 is 2.32 bits per heavy atom. The molecule has 1 heterocycles. The lowest BCUT2D eigenvalue weighted by molar-refractivity contribution is -0.259. The molecule has 0 bridgehead atoms. The number of rotatable bonds is 7. The van der Waals surface area contributed by atoms with Crippen LogP contribution in [0.5, 0.6) is 5.75 Å². The Labute approximate surface area is 144 Å². The molecule has 0 saturated heterocycles. The quantitative estimate of drug-likeness (QED) is 0.674. The monoisotopic (exact) mass is 358 g/mol. The fourth-order valence-electron chi connectivity index (χ4n) is 2.75. The third kappa shape index (κ3) is 3.32. The van der Waals surface area contributed by atoms with E-state index in [0.29, 0.717) is 24.2 Å². The maximum absolute atomic E-state index is 13.7. The maximum atomic E-state index is 13.7. The number of hydrogen-bond acceptors (Lipinski definition) is 4. The average molecular weight is 358 g/mol. The highest BCUT2D eigenvalue weighted by atomic mass is 19.4. The van der Waals surface area contributed by atoms with Crippen LogP contribution in [-0.2, 0) is 14.3 Å². The van der Waals surface area contributed by atoms with Crippen molar-refractivity contribution in [3.63, 3.8) is 0 Å². The van der Waals surface area contributed by atoms with Gasteiger partial charge < -0.3 is 14.2 Å². The first-order valence-corrected chi connectivity index (χ1v) is 8.12. The van der Waals surface area contributed by atoms with Gasteiger partial charge in [-0.3, -0.25) is 0 Å². The Morgan fingerprint density at radius 2 is 1.84 bits per heavy atom. The summed E-state index contributed by atoms with van der Waals surface area (Å²) in [5, 5.41) is 0. The fraction of sp³-hybridized carbons (Fsp3) is 0.500. The molecule has 4 nitrogen and oxygen atoms in total. The van der Waals surface area contributed by atoms with Crippen molar-refractivity contribution in [2.75, 3.05) is 13.7 Å². The van der Waals surface area contributed by atoms with Crippen LogP contribution < -0.4 is 4.74 Å². The van der Waals surface area contributed by atoms with Gasteiger partial charge in [0.1, 0.15) is 11.5 Å². The summed E-state index contributed by atoms with van der Waals surface area (Å²) < 4.78 is 56.0. The van der Waals surface area contributed by atoms with Gasteiger partial charge in [-0.2, -0.15) is 13.2 Å². The zero-order valence-corrected chi connectivity index (χ0v) is 14.4. The van der Waals surface area contributed by atoms with E-state index < -0.39 is 17.7 Å². The average Bonchev–Trinajstić information content (AvgIpc) is 2.54. The number of alkyl halides is 3. The topological polar surface area (TPSA) is 44.8 Å². The van der Waals surface area contributed by atoms with Crippen LogP contribution in [0.4, 0.5) is 13.2 Å². The molecule has 1 aliphatic heterocycles. The van der Waals surface area contributed by atoms with Crippen molar-refractivity contribution >= 4 is 11.7 Å². The highest BCUT2D eigenvalue weighted by Crippen LogP contribution is 2.54. The maximum Gasteiger partial charge on any atom is 0.443 e. The van der Waals surface area contributed by atoms with Crippen molar-refractivity contribution in [1.82, 2.24) is 0 Å².